The molecule has 0 saturated heterocycles. The van der Waals surface area contributed by atoms with E-state index in [1.165, 1.54) is 6.33 Å². The maximum Gasteiger partial charge on any atom is 0.155 e. The second kappa shape index (κ2) is 4.66. The number of aromatic amines is 1. The van der Waals surface area contributed by atoms with Crippen molar-refractivity contribution in [1.82, 2.24) is 29.7 Å². The number of pyridine rings is 1. The van der Waals surface area contributed by atoms with Gasteiger partial charge in [-0.1, -0.05) is 0 Å². The van der Waals surface area contributed by atoms with Crippen LogP contribution in [0.1, 0.15) is 5.82 Å². The molecule has 90 valence electrons. The highest BCUT2D eigenvalue weighted by atomic mass is 15.3. The van der Waals surface area contributed by atoms with Crippen molar-refractivity contribution >= 4 is 5.69 Å². The van der Waals surface area contributed by atoms with E-state index >= 15 is 0 Å². The molecule has 3 rings (SSSR count). The molecule has 0 spiro atoms. The molecule has 0 unspecified atom stereocenters. The lowest BCUT2D eigenvalue weighted by Crippen LogP contribution is -2.03. The van der Waals surface area contributed by atoms with Gasteiger partial charge in [0.25, 0.3) is 0 Å². The molecule has 3 heterocycles. The van der Waals surface area contributed by atoms with Gasteiger partial charge in [0.05, 0.1) is 18.4 Å². The number of anilines is 1. The average molecular weight is 241 g/mol. The van der Waals surface area contributed by atoms with E-state index in [4.69, 9.17) is 0 Å². The van der Waals surface area contributed by atoms with Gasteiger partial charge in [-0.15, -0.1) is 0 Å². The summed E-state index contributed by atoms with van der Waals surface area (Å²) in [6.07, 6.45) is 8.36. The molecule has 0 amide bonds. The van der Waals surface area contributed by atoms with E-state index in [-0.39, 0.29) is 0 Å². The Bertz CT molecular complexity index is 583. The quantitative estimate of drug-likeness (QED) is 0.711. The van der Waals surface area contributed by atoms with Crippen LogP contribution in [0.4, 0.5) is 5.69 Å². The first-order valence-corrected chi connectivity index (χ1v) is 5.45. The second-order valence-electron chi connectivity index (χ2n) is 3.63. The van der Waals surface area contributed by atoms with Crippen molar-refractivity contribution in [2.45, 2.75) is 6.54 Å². The van der Waals surface area contributed by atoms with Crippen LogP contribution in [0.5, 0.6) is 0 Å². The molecule has 3 aromatic rings. The Morgan fingerprint density at radius 3 is 2.94 bits per heavy atom. The van der Waals surface area contributed by atoms with Gasteiger partial charge in [-0.2, -0.15) is 5.10 Å². The van der Waals surface area contributed by atoms with Gasteiger partial charge in [0.15, 0.2) is 5.82 Å². The first-order chi connectivity index (χ1) is 8.92. The predicted octanol–water partition coefficient (Wildman–Crippen LogP) is 0.997. The van der Waals surface area contributed by atoms with E-state index < -0.39 is 0 Å². The van der Waals surface area contributed by atoms with Crippen LogP contribution < -0.4 is 5.32 Å². The topological polar surface area (TPSA) is 84.3 Å². The smallest absolute Gasteiger partial charge is 0.155 e. The van der Waals surface area contributed by atoms with Crippen LogP contribution in [-0.4, -0.2) is 29.7 Å². The van der Waals surface area contributed by atoms with Gasteiger partial charge in [0, 0.05) is 12.4 Å². The van der Waals surface area contributed by atoms with Gasteiger partial charge in [-0.25, -0.2) is 19.6 Å². The average Bonchev–Trinajstić information content (AvgIpc) is 3.10. The molecule has 0 aromatic carbocycles. The Morgan fingerprint density at radius 1 is 1.28 bits per heavy atom. The summed E-state index contributed by atoms with van der Waals surface area (Å²) in [5.74, 6) is 1.62. The minimum absolute atomic E-state index is 0.636. The summed E-state index contributed by atoms with van der Waals surface area (Å²) < 4.78 is 1.61. The molecule has 0 radical (unpaired) electrons. The minimum Gasteiger partial charge on any atom is -0.377 e. The number of hydrogen-bond acceptors (Lipinski definition) is 5. The molecule has 0 bridgehead atoms. The summed E-state index contributed by atoms with van der Waals surface area (Å²) >= 11 is 0. The van der Waals surface area contributed by atoms with Crippen molar-refractivity contribution in [2.75, 3.05) is 5.32 Å². The van der Waals surface area contributed by atoms with Crippen LogP contribution in [0.3, 0.4) is 0 Å². The van der Waals surface area contributed by atoms with Crippen molar-refractivity contribution in [1.29, 1.82) is 0 Å². The van der Waals surface area contributed by atoms with Gasteiger partial charge < -0.3 is 10.3 Å². The Balaban J connectivity index is 1.68. The number of imidazole rings is 1. The van der Waals surface area contributed by atoms with Crippen LogP contribution in [0, 0.1) is 0 Å². The molecule has 7 nitrogen and oxygen atoms in total. The van der Waals surface area contributed by atoms with E-state index in [2.05, 4.69) is 30.4 Å². The van der Waals surface area contributed by atoms with Crippen LogP contribution in [0.15, 0.2) is 43.4 Å². The van der Waals surface area contributed by atoms with Crippen molar-refractivity contribution in [2.24, 2.45) is 0 Å². The monoisotopic (exact) mass is 241 g/mol. The molecular formula is C11H11N7. The fourth-order valence-corrected chi connectivity index (χ4v) is 1.53. The van der Waals surface area contributed by atoms with Crippen LogP contribution in [0.25, 0.3) is 5.82 Å². The number of H-pyrrole nitrogens is 1. The largest absolute Gasteiger partial charge is 0.377 e. The Kier molecular flexibility index (Phi) is 2.71. The van der Waals surface area contributed by atoms with Crippen molar-refractivity contribution in [3.63, 3.8) is 0 Å². The molecule has 0 aliphatic rings. The van der Waals surface area contributed by atoms with Crippen molar-refractivity contribution in [3.05, 3.63) is 49.2 Å². The first-order valence-electron chi connectivity index (χ1n) is 5.45. The highest BCUT2D eigenvalue weighted by Crippen LogP contribution is 2.09. The first kappa shape index (κ1) is 10.5. The normalized spacial score (nSPS) is 10.4. The Labute approximate surface area is 103 Å². The highest BCUT2D eigenvalue weighted by Gasteiger charge is 1.99. The number of nitrogens with zero attached hydrogens (tertiary/aromatic N) is 5. The van der Waals surface area contributed by atoms with Gasteiger partial charge in [-0.3, -0.25) is 0 Å². The third-order valence-corrected chi connectivity index (χ3v) is 2.42. The zero-order valence-corrected chi connectivity index (χ0v) is 9.48. The summed E-state index contributed by atoms with van der Waals surface area (Å²) in [5.41, 5.74) is 0.926. The number of rotatable bonds is 4. The summed E-state index contributed by atoms with van der Waals surface area (Å²) in [5, 5.41) is 7.23. The van der Waals surface area contributed by atoms with Gasteiger partial charge in [0.2, 0.25) is 0 Å². The lowest BCUT2D eigenvalue weighted by Gasteiger charge is -2.05. The number of aromatic nitrogens is 6. The molecular weight excluding hydrogens is 230 g/mol. The number of hydrogen-bond donors (Lipinski definition) is 2. The van der Waals surface area contributed by atoms with E-state index in [1.807, 2.05) is 12.1 Å². The third kappa shape index (κ3) is 2.19. The maximum atomic E-state index is 4.29. The van der Waals surface area contributed by atoms with Gasteiger partial charge >= 0.3 is 0 Å². The summed E-state index contributed by atoms with van der Waals surface area (Å²) in [6, 6.07) is 3.81. The Morgan fingerprint density at radius 2 is 2.28 bits per heavy atom. The molecule has 2 N–H and O–H groups in total. The fourth-order valence-electron chi connectivity index (χ4n) is 1.53. The molecule has 0 fully saturated rings. The van der Waals surface area contributed by atoms with E-state index in [0.29, 0.717) is 6.54 Å². The van der Waals surface area contributed by atoms with E-state index in [9.17, 15) is 0 Å². The fraction of sp³-hybridized carbons (Fsp3) is 0.0909. The van der Waals surface area contributed by atoms with Gasteiger partial charge in [-0.05, 0) is 12.1 Å². The zero-order chi connectivity index (χ0) is 12.2. The Hall–Kier alpha value is -2.70. The van der Waals surface area contributed by atoms with Crippen molar-refractivity contribution < 1.29 is 0 Å². The SMILES string of the molecule is c1c[nH]c(CNc2ccc(-n3cncn3)nc2)n1. The molecule has 7 heteroatoms. The third-order valence-electron chi connectivity index (χ3n) is 2.42. The van der Waals surface area contributed by atoms with Crippen molar-refractivity contribution in [3.8, 4) is 5.82 Å². The van der Waals surface area contributed by atoms with Gasteiger partial charge in [0.1, 0.15) is 18.5 Å². The van der Waals surface area contributed by atoms with E-state index in [0.717, 1.165) is 17.3 Å². The maximum absolute atomic E-state index is 4.29. The van der Waals surface area contributed by atoms with Crippen LogP contribution >= 0.6 is 0 Å². The molecule has 0 atom stereocenters. The van der Waals surface area contributed by atoms with Crippen LogP contribution in [0.2, 0.25) is 0 Å². The molecule has 0 saturated carbocycles. The second-order valence-corrected chi connectivity index (χ2v) is 3.63. The lowest BCUT2D eigenvalue weighted by molar-refractivity contribution is 0.845. The lowest BCUT2D eigenvalue weighted by atomic mass is 10.4. The van der Waals surface area contributed by atoms with E-state index in [1.54, 1.807) is 29.6 Å². The summed E-state index contributed by atoms with van der Waals surface area (Å²) in [6.45, 7) is 0.636. The zero-order valence-electron chi connectivity index (χ0n) is 9.48. The molecule has 0 aliphatic heterocycles. The predicted molar refractivity (Wildman–Crippen MR) is 65.1 cm³/mol. The summed E-state index contributed by atoms with van der Waals surface area (Å²) in [7, 11) is 0. The number of nitrogens with one attached hydrogen (secondary N) is 2. The highest BCUT2D eigenvalue weighted by molar-refractivity contribution is 5.43. The van der Waals surface area contributed by atoms with Crippen LogP contribution in [-0.2, 0) is 6.54 Å². The molecule has 18 heavy (non-hydrogen) atoms. The summed E-state index contributed by atoms with van der Waals surface area (Å²) in [4.78, 5) is 15.3. The molecule has 3 aromatic heterocycles. The standard InChI is InChI=1S/C11H11N7/c1-2-11(18-8-12-7-17-18)16-5-9(1)15-6-10-13-3-4-14-10/h1-5,7-8,15H,6H2,(H,13,14). The molecule has 0 aliphatic carbocycles. The minimum atomic E-state index is 0.636.